The molecule has 1 radical (unpaired) electrons. The monoisotopic (exact) mass is 894 g/mol. The summed E-state index contributed by atoms with van der Waals surface area (Å²) in [4.78, 5) is 12.3. The molecule has 55 heavy (non-hydrogen) atoms. The van der Waals surface area contributed by atoms with E-state index < -0.39 is 0 Å². The molecule has 7 heteroatoms. The summed E-state index contributed by atoms with van der Waals surface area (Å²) in [6, 6.07) is 41.6. The van der Waals surface area contributed by atoms with Gasteiger partial charge in [0.2, 0.25) is 0 Å². The van der Waals surface area contributed by atoms with Crippen LogP contribution in [-0.4, -0.2) is 32.9 Å². The third-order valence-electron chi connectivity index (χ3n) is 13.3. The first-order valence-electron chi connectivity index (χ1n) is 19.2. The van der Waals surface area contributed by atoms with E-state index in [1.165, 1.54) is 61.0 Å². The van der Waals surface area contributed by atoms with E-state index in [2.05, 4.69) is 171 Å². The van der Waals surface area contributed by atoms with Gasteiger partial charge in [-0.1, -0.05) is 123 Å². The Morgan fingerprint density at radius 3 is 2.25 bits per heavy atom. The molecular weight excluding hydrogens is 850 g/mol. The molecule has 2 aliphatic heterocycles. The SMILES string of the molecule is CC1(C)CC2(C)c3c(nc4c5[c-]cccc5c5cccc(c5n34)C2(C)C)-c2ccccc21.Cc1cccc(C)c1B1N(C)c2ccc[c-]c2-c2nccn21.[Ir]. The zero-order valence-corrected chi connectivity index (χ0v) is 35.1. The van der Waals surface area contributed by atoms with E-state index in [1.54, 1.807) is 0 Å². The van der Waals surface area contributed by atoms with Gasteiger partial charge in [0, 0.05) is 65.9 Å². The summed E-state index contributed by atoms with van der Waals surface area (Å²) in [5, 5.41) is 3.66. The van der Waals surface area contributed by atoms with Crippen LogP contribution in [0.25, 0.3) is 50.0 Å². The van der Waals surface area contributed by atoms with Gasteiger partial charge in [0.05, 0.1) is 11.3 Å². The zero-order valence-electron chi connectivity index (χ0n) is 32.7. The largest absolute Gasteiger partial charge is 0.436 e. The zero-order chi connectivity index (χ0) is 37.3. The maximum atomic E-state index is 5.42. The number of hydrogen-bond acceptors (Lipinski definition) is 3. The molecular formula is C48H44BIrN5-2. The van der Waals surface area contributed by atoms with Crippen molar-refractivity contribution in [1.29, 1.82) is 0 Å². The number of rotatable bonds is 1. The van der Waals surface area contributed by atoms with E-state index in [9.17, 15) is 0 Å². The Bertz CT molecular complexity index is 2830. The van der Waals surface area contributed by atoms with Gasteiger partial charge in [-0.3, -0.25) is 9.97 Å². The van der Waals surface area contributed by atoms with Gasteiger partial charge in [-0.25, -0.2) is 0 Å². The van der Waals surface area contributed by atoms with Crippen LogP contribution in [0.15, 0.2) is 109 Å². The van der Waals surface area contributed by atoms with Crippen molar-refractivity contribution in [2.24, 2.45) is 0 Å². The fourth-order valence-electron chi connectivity index (χ4n) is 10.5. The second kappa shape index (κ2) is 12.3. The Hall–Kier alpha value is -4.97. The molecule has 5 aromatic carbocycles. The van der Waals surface area contributed by atoms with Crippen LogP contribution >= 0.6 is 0 Å². The van der Waals surface area contributed by atoms with E-state index in [4.69, 9.17) is 4.98 Å². The van der Waals surface area contributed by atoms with Crippen LogP contribution in [0.5, 0.6) is 0 Å². The second-order valence-corrected chi connectivity index (χ2v) is 17.1. The predicted molar refractivity (Wildman–Crippen MR) is 224 cm³/mol. The summed E-state index contributed by atoms with van der Waals surface area (Å²) in [5.74, 6) is 0.987. The number of para-hydroxylation sites is 1. The summed E-state index contributed by atoms with van der Waals surface area (Å²) in [6.07, 6.45) is 5.00. The van der Waals surface area contributed by atoms with Crippen LogP contribution in [0.3, 0.4) is 0 Å². The molecule has 0 bridgehead atoms. The molecule has 5 heterocycles. The molecule has 0 N–H and O–H groups in total. The molecule has 1 aliphatic carbocycles. The van der Waals surface area contributed by atoms with Crippen molar-refractivity contribution >= 4 is 45.5 Å². The third-order valence-corrected chi connectivity index (χ3v) is 13.3. The minimum Gasteiger partial charge on any atom is -0.436 e. The summed E-state index contributed by atoms with van der Waals surface area (Å²) in [6.45, 7) is 16.7. The molecule has 0 fully saturated rings. The summed E-state index contributed by atoms with van der Waals surface area (Å²) in [5.41, 5.74) is 15.1. The Morgan fingerprint density at radius 2 is 1.45 bits per heavy atom. The molecule has 1 atom stereocenters. The molecule has 0 spiro atoms. The number of aryl methyl sites for hydroxylation is 2. The molecule has 0 saturated heterocycles. The Balaban J connectivity index is 0.000000152. The molecule has 3 aromatic heterocycles. The normalized spacial score (nSPS) is 18.3. The van der Waals surface area contributed by atoms with Crippen molar-refractivity contribution in [3.8, 4) is 22.6 Å². The van der Waals surface area contributed by atoms with Crippen molar-refractivity contribution in [3.05, 3.63) is 150 Å². The van der Waals surface area contributed by atoms with Crippen LogP contribution in [0.2, 0.25) is 0 Å². The minimum atomic E-state index is -0.0754. The Morgan fingerprint density at radius 1 is 0.764 bits per heavy atom. The molecule has 8 aromatic rings. The van der Waals surface area contributed by atoms with Gasteiger partial charge in [0.1, 0.15) is 0 Å². The van der Waals surface area contributed by atoms with Gasteiger partial charge in [-0.2, -0.15) is 0 Å². The molecule has 5 nitrogen and oxygen atoms in total. The number of fused-ring (bicyclic) bond motifs is 8. The van der Waals surface area contributed by atoms with Crippen molar-refractivity contribution in [2.75, 3.05) is 11.9 Å². The van der Waals surface area contributed by atoms with E-state index in [0.29, 0.717) is 0 Å². The van der Waals surface area contributed by atoms with Crippen LogP contribution in [0.4, 0.5) is 5.69 Å². The van der Waals surface area contributed by atoms with Crippen molar-refractivity contribution in [3.63, 3.8) is 0 Å². The average molecular weight is 894 g/mol. The summed E-state index contributed by atoms with van der Waals surface area (Å²) >= 11 is 0. The Kier molecular flexibility index (Phi) is 7.97. The van der Waals surface area contributed by atoms with Crippen molar-refractivity contribution < 1.29 is 20.1 Å². The number of pyridine rings is 1. The topological polar surface area (TPSA) is 38.4 Å². The summed E-state index contributed by atoms with van der Waals surface area (Å²) < 4.78 is 4.75. The maximum Gasteiger partial charge on any atom is 0.399 e. The molecule has 0 amide bonds. The van der Waals surface area contributed by atoms with E-state index in [-0.39, 0.29) is 43.3 Å². The van der Waals surface area contributed by atoms with Gasteiger partial charge < -0.3 is 13.7 Å². The predicted octanol–water partition coefficient (Wildman–Crippen LogP) is 10.00. The molecule has 11 rings (SSSR count). The average Bonchev–Trinajstić information content (AvgIpc) is 3.81. The smallest absolute Gasteiger partial charge is 0.399 e. The van der Waals surface area contributed by atoms with Gasteiger partial charge in [-0.15, -0.1) is 53.9 Å². The third kappa shape index (κ3) is 4.76. The number of aromatic nitrogens is 4. The second-order valence-electron chi connectivity index (χ2n) is 17.1. The van der Waals surface area contributed by atoms with Gasteiger partial charge in [0.15, 0.2) is 0 Å². The number of benzene rings is 5. The first kappa shape index (κ1) is 35.7. The first-order chi connectivity index (χ1) is 25.9. The number of hydrogen-bond donors (Lipinski definition) is 0. The fourth-order valence-corrected chi connectivity index (χ4v) is 10.5. The molecule has 0 saturated carbocycles. The van der Waals surface area contributed by atoms with E-state index >= 15 is 0 Å². The van der Waals surface area contributed by atoms with Gasteiger partial charge in [0.25, 0.3) is 0 Å². The standard InChI is InChI=1S/C30H27N2.C18H17BN3.Ir/c1-28(2)17-30(5)26-24(21-13-8-9-15-22(21)28)31-27-20-12-7-6-11-18(20)19-14-10-16-23(29(30,3)4)25(19)32(26)27;1-13-7-6-8-14(2)17(13)19-21(3)16-10-5-4-9-15(16)18-20-11-12-22(18)19;/h6-11,13-16H,17H2,1-5H3;4-8,10-12H,1-3H3;/q2*-1;. The molecule has 275 valence electrons. The molecule has 1 unspecified atom stereocenters. The van der Waals surface area contributed by atoms with Crippen LogP contribution in [0, 0.1) is 26.0 Å². The van der Waals surface area contributed by atoms with Gasteiger partial charge >= 0.3 is 6.98 Å². The number of nitrogens with zero attached hydrogens (tertiary/aromatic N) is 5. The Labute approximate surface area is 337 Å². The van der Waals surface area contributed by atoms with Crippen molar-refractivity contribution in [2.45, 2.75) is 71.1 Å². The fraction of sp³-hybridized carbons (Fsp3) is 0.250. The first-order valence-corrected chi connectivity index (χ1v) is 19.2. The van der Waals surface area contributed by atoms with E-state index in [0.717, 1.165) is 34.5 Å². The van der Waals surface area contributed by atoms with Crippen LogP contribution < -0.4 is 10.3 Å². The van der Waals surface area contributed by atoms with E-state index in [1.807, 2.05) is 24.4 Å². The van der Waals surface area contributed by atoms with Crippen LogP contribution in [0.1, 0.15) is 69.0 Å². The minimum absolute atomic E-state index is 0. The van der Waals surface area contributed by atoms with Gasteiger partial charge in [-0.05, 0) is 54.7 Å². The maximum absolute atomic E-state index is 5.42. The number of anilines is 1. The summed E-state index contributed by atoms with van der Waals surface area (Å²) in [7, 11) is 2.14. The molecule has 3 aliphatic rings. The number of imidazole rings is 2. The van der Waals surface area contributed by atoms with Crippen LogP contribution in [-0.2, 0) is 36.4 Å². The quantitative estimate of drug-likeness (QED) is 0.0937. The van der Waals surface area contributed by atoms with Crippen molar-refractivity contribution in [1.82, 2.24) is 18.8 Å².